The maximum Gasteiger partial charge on any atom is 0.255 e. The molecule has 0 radical (unpaired) electrons. The molecule has 26 heavy (non-hydrogen) atoms. The van der Waals surface area contributed by atoms with Crippen molar-refractivity contribution in [3.63, 3.8) is 0 Å². The first-order valence-corrected chi connectivity index (χ1v) is 9.34. The van der Waals surface area contributed by atoms with Gasteiger partial charge in [0, 0.05) is 37.2 Å². The summed E-state index contributed by atoms with van der Waals surface area (Å²) in [4.78, 5) is 38.0. The molecule has 3 amide bonds. The Bertz CT molecular complexity index is 794. The van der Waals surface area contributed by atoms with Crippen molar-refractivity contribution in [2.45, 2.75) is 50.5 Å². The molecule has 0 spiro atoms. The molecule has 5 aliphatic rings. The molecular weight excluding hydrogens is 332 g/mol. The van der Waals surface area contributed by atoms with Crippen molar-refractivity contribution in [1.82, 2.24) is 20.9 Å². The van der Waals surface area contributed by atoms with Crippen molar-refractivity contribution >= 4 is 17.7 Å². The molecule has 0 aromatic heterocycles. The average molecular weight is 354 g/mol. The van der Waals surface area contributed by atoms with Gasteiger partial charge in [-0.25, -0.2) is 0 Å². The number of hydrogen-bond donors (Lipinski definition) is 3. The fraction of sp³-hybridized carbons (Fsp3) is 0.526. The highest BCUT2D eigenvalue weighted by atomic mass is 16.2. The van der Waals surface area contributed by atoms with Crippen LogP contribution in [0.3, 0.4) is 0 Å². The number of benzene rings is 1. The number of fused-ring (bicyclic) bond motifs is 2. The topological polar surface area (TPSA) is 90.5 Å². The summed E-state index contributed by atoms with van der Waals surface area (Å²) in [5, 5.41) is 9.48. The smallest absolute Gasteiger partial charge is 0.255 e. The molecule has 1 aromatic rings. The van der Waals surface area contributed by atoms with Gasteiger partial charge in [0.2, 0.25) is 11.8 Å². The molecular formula is C19H22N4O3. The molecule has 4 fully saturated rings. The van der Waals surface area contributed by atoms with Crippen LogP contribution in [0.15, 0.2) is 18.2 Å². The zero-order chi connectivity index (χ0) is 17.8. The van der Waals surface area contributed by atoms with Gasteiger partial charge in [0.15, 0.2) is 0 Å². The van der Waals surface area contributed by atoms with Gasteiger partial charge < -0.3 is 15.5 Å². The van der Waals surface area contributed by atoms with Crippen LogP contribution >= 0.6 is 0 Å². The minimum absolute atomic E-state index is 0.110. The van der Waals surface area contributed by atoms with Gasteiger partial charge in [0.1, 0.15) is 6.04 Å². The van der Waals surface area contributed by atoms with Crippen LogP contribution < -0.4 is 16.0 Å². The lowest BCUT2D eigenvalue weighted by molar-refractivity contribution is -0.136. The molecule has 7 nitrogen and oxygen atoms in total. The largest absolute Gasteiger partial charge is 0.322 e. The number of amides is 3. The number of hydrogen-bond acceptors (Lipinski definition) is 5. The zero-order valence-electron chi connectivity index (χ0n) is 14.5. The highest BCUT2D eigenvalue weighted by Crippen LogP contribution is 2.35. The van der Waals surface area contributed by atoms with Crippen molar-refractivity contribution in [1.29, 1.82) is 0 Å². The highest BCUT2D eigenvalue weighted by molar-refractivity contribution is 6.05. The van der Waals surface area contributed by atoms with Gasteiger partial charge in [-0.1, -0.05) is 12.1 Å². The number of rotatable bonds is 4. The Kier molecular flexibility index (Phi) is 3.62. The molecule has 7 heteroatoms. The average Bonchev–Trinajstić information content (AvgIpc) is 3.31. The fourth-order valence-electron chi connectivity index (χ4n) is 4.83. The molecule has 1 aliphatic carbocycles. The normalized spacial score (nSPS) is 32.5. The summed E-state index contributed by atoms with van der Waals surface area (Å²) in [5.41, 5.74) is 2.81. The first-order chi connectivity index (χ1) is 12.6. The summed E-state index contributed by atoms with van der Waals surface area (Å²) in [6.07, 6.45) is 1.93. The maximum absolute atomic E-state index is 12.8. The Balaban J connectivity index is 1.33. The predicted octanol–water partition coefficient (Wildman–Crippen LogP) is -0.102. The van der Waals surface area contributed by atoms with Gasteiger partial charge in [-0.3, -0.25) is 19.7 Å². The number of piperidine rings is 1. The molecule has 4 heterocycles. The molecule has 6 rings (SSSR count). The van der Waals surface area contributed by atoms with Crippen LogP contribution in [0.1, 0.15) is 40.7 Å². The molecule has 4 atom stereocenters. The molecule has 3 N–H and O–H groups in total. The number of imide groups is 1. The van der Waals surface area contributed by atoms with E-state index in [9.17, 15) is 14.4 Å². The van der Waals surface area contributed by atoms with Crippen LogP contribution in [0.5, 0.6) is 0 Å². The number of nitrogens with zero attached hydrogens (tertiary/aromatic N) is 1. The Morgan fingerprint density at radius 2 is 2.12 bits per heavy atom. The summed E-state index contributed by atoms with van der Waals surface area (Å²) in [6, 6.07) is 6.35. The Morgan fingerprint density at radius 3 is 2.85 bits per heavy atom. The number of carbonyl (C=O) groups excluding carboxylic acids is 3. The van der Waals surface area contributed by atoms with Crippen LogP contribution in [0, 0.1) is 5.92 Å². The molecule has 2 bridgehead atoms. The molecule has 4 aliphatic heterocycles. The van der Waals surface area contributed by atoms with E-state index in [1.807, 2.05) is 12.1 Å². The van der Waals surface area contributed by atoms with Gasteiger partial charge in [0.05, 0.1) is 0 Å². The van der Waals surface area contributed by atoms with Crippen LogP contribution in [0.2, 0.25) is 0 Å². The van der Waals surface area contributed by atoms with Crippen LogP contribution in [-0.2, 0) is 22.7 Å². The second-order valence-corrected chi connectivity index (χ2v) is 7.76. The van der Waals surface area contributed by atoms with Crippen LogP contribution in [0.4, 0.5) is 0 Å². The molecule has 4 unspecified atom stereocenters. The van der Waals surface area contributed by atoms with E-state index in [4.69, 9.17) is 0 Å². The van der Waals surface area contributed by atoms with E-state index in [0.29, 0.717) is 30.6 Å². The summed E-state index contributed by atoms with van der Waals surface area (Å²) in [7, 11) is 0. The first kappa shape index (κ1) is 16.0. The summed E-state index contributed by atoms with van der Waals surface area (Å²) >= 11 is 0. The van der Waals surface area contributed by atoms with E-state index in [2.05, 4.69) is 22.0 Å². The van der Waals surface area contributed by atoms with Gasteiger partial charge in [-0.2, -0.15) is 0 Å². The monoisotopic (exact) mass is 354 g/mol. The van der Waals surface area contributed by atoms with Gasteiger partial charge >= 0.3 is 0 Å². The minimum atomic E-state index is -0.555. The lowest BCUT2D eigenvalue weighted by Crippen LogP contribution is -2.52. The minimum Gasteiger partial charge on any atom is -0.322 e. The first-order valence-electron chi connectivity index (χ1n) is 9.34. The Hall–Kier alpha value is -2.25. The fourth-order valence-corrected chi connectivity index (χ4v) is 4.83. The SMILES string of the molecule is O=C1CCC(N2Cc3c(CNC4C5CNC4C5)cccc3C2=O)C(=O)N1. The Labute approximate surface area is 151 Å². The van der Waals surface area contributed by atoms with E-state index < -0.39 is 6.04 Å². The lowest BCUT2D eigenvalue weighted by Gasteiger charge is -2.35. The van der Waals surface area contributed by atoms with Crippen molar-refractivity contribution in [3.05, 3.63) is 34.9 Å². The van der Waals surface area contributed by atoms with E-state index in [0.717, 1.165) is 30.1 Å². The van der Waals surface area contributed by atoms with Crippen molar-refractivity contribution in [3.8, 4) is 0 Å². The van der Waals surface area contributed by atoms with Gasteiger partial charge in [-0.05, 0) is 42.5 Å². The number of carbonyl (C=O) groups is 3. The summed E-state index contributed by atoms with van der Waals surface area (Å²) < 4.78 is 0. The summed E-state index contributed by atoms with van der Waals surface area (Å²) in [5.74, 6) is -0.0108. The third-order valence-corrected chi connectivity index (χ3v) is 6.35. The van der Waals surface area contributed by atoms with Crippen molar-refractivity contribution < 1.29 is 14.4 Å². The second-order valence-electron chi connectivity index (χ2n) is 7.76. The second kappa shape index (κ2) is 5.89. The van der Waals surface area contributed by atoms with Crippen LogP contribution in [-0.4, -0.2) is 47.3 Å². The Morgan fingerprint density at radius 1 is 1.23 bits per heavy atom. The summed E-state index contributed by atoms with van der Waals surface area (Å²) in [6.45, 7) is 2.27. The molecule has 136 valence electrons. The standard InChI is InChI=1S/C19H22N4O3/c24-16-5-4-15(18(25)22-16)23-9-13-10(2-1-3-12(13)19(23)26)7-21-17-11-6-14(17)20-8-11/h1-3,11,14-15,17,20-21H,4-9H2,(H,22,24,25). The van der Waals surface area contributed by atoms with E-state index in [1.165, 1.54) is 6.42 Å². The lowest BCUT2D eigenvalue weighted by atomic mass is 9.80. The maximum atomic E-state index is 12.8. The third kappa shape index (κ3) is 2.38. The molecule has 1 saturated carbocycles. The van der Waals surface area contributed by atoms with E-state index >= 15 is 0 Å². The molecule has 3 saturated heterocycles. The third-order valence-electron chi connectivity index (χ3n) is 6.35. The highest BCUT2D eigenvalue weighted by Gasteiger charge is 2.46. The predicted molar refractivity (Wildman–Crippen MR) is 93.0 cm³/mol. The van der Waals surface area contributed by atoms with Crippen molar-refractivity contribution in [2.24, 2.45) is 5.92 Å². The van der Waals surface area contributed by atoms with Gasteiger partial charge in [0.25, 0.3) is 5.91 Å². The van der Waals surface area contributed by atoms with Gasteiger partial charge in [-0.15, -0.1) is 0 Å². The molecule has 1 aromatic carbocycles. The number of nitrogens with one attached hydrogen (secondary N) is 3. The zero-order valence-corrected chi connectivity index (χ0v) is 14.5. The van der Waals surface area contributed by atoms with Crippen LogP contribution in [0.25, 0.3) is 0 Å². The quantitative estimate of drug-likeness (QED) is 0.657. The van der Waals surface area contributed by atoms with E-state index in [1.54, 1.807) is 4.90 Å². The van der Waals surface area contributed by atoms with E-state index in [-0.39, 0.29) is 24.1 Å². The van der Waals surface area contributed by atoms with Crippen molar-refractivity contribution in [2.75, 3.05) is 6.54 Å².